The number of unbranched alkanes of at least 4 members (excludes halogenated alkanes) is 5. The van der Waals surface area contributed by atoms with E-state index in [2.05, 4.69) is 0 Å². The summed E-state index contributed by atoms with van der Waals surface area (Å²) >= 11 is 0. The van der Waals surface area contributed by atoms with Crippen molar-refractivity contribution >= 4 is 11.9 Å². The largest absolute Gasteiger partial charge is 0.550 e. The molecule has 0 saturated carbocycles. The van der Waals surface area contributed by atoms with Crippen LogP contribution in [0.5, 0.6) is 0 Å². The fourth-order valence-corrected chi connectivity index (χ4v) is 1.25. The minimum Gasteiger partial charge on any atom is -0.550 e. The molecule has 0 aromatic carbocycles. The highest BCUT2D eigenvalue weighted by Crippen LogP contribution is 2.08. The predicted molar refractivity (Wildman–Crippen MR) is 49.6 cm³/mol. The van der Waals surface area contributed by atoms with Gasteiger partial charge in [-0.15, -0.1) is 0 Å². The molecule has 1 N–H and O–H groups in total. The molecule has 0 aromatic rings. The maximum absolute atomic E-state index is 10.1. The summed E-state index contributed by atoms with van der Waals surface area (Å²) < 4.78 is 0. The van der Waals surface area contributed by atoms with E-state index in [1.165, 1.54) is 0 Å². The molecular formula is C10H17O4-. The monoisotopic (exact) mass is 201 g/mol. The summed E-state index contributed by atoms with van der Waals surface area (Å²) in [5.74, 6) is -1.74. The van der Waals surface area contributed by atoms with Crippen molar-refractivity contribution in [2.75, 3.05) is 0 Å². The number of carbonyl (C=O) groups excluding carboxylic acids is 1. The van der Waals surface area contributed by atoms with E-state index in [-0.39, 0.29) is 12.8 Å². The van der Waals surface area contributed by atoms with Gasteiger partial charge in [0.2, 0.25) is 0 Å². The Morgan fingerprint density at radius 2 is 1.29 bits per heavy atom. The standard InChI is InChI=1S/C10H18O4/c11-9(12)7-5-3-1-2-4-6-8-10(13)14/h1-8H2,(H,11,12)(H,13,14)/p-1. The first kappa shape index (κ1) is 12.9. The van der Waals surface area contributed by atoms with Crippen LogP contribution in [0.3, 0.4) is 0 Å². The molecule has 4 heteroatoms. The van der Waals surface area contributed by atoms with Crippen molar-refractivity contribution < 1.29 is 19.8 Å². The van der Waals surface area contributed by atoms with Gasteiger partial charge in [-0.25, -0.2) is 0 Å². The maximum atomic E-state index is 10.1. The Balaban J connectivity index is 2.99. The van der Waals surface area contributed by atoms with E-state index in [4.69, 9.17) is 5.11 Å². The van der Waals surface area contributed by atoms with Crippen LogP contribution in [0, 0.1) is 0 Å². The Morgan fingerprint density at radius 3 is 1.71 bits per heavy atom. The first-order chi connectivity index (χ1) is 6.63. The van der Waals surface area contributed by atoms with E-state index in [0.29, 0.717) is 6.42 Å². The van der Waals surface area contributed by atoms with Crippen LogP contribution in [-0.2, 0) is 9.59 Å². The van der Waals surface area contributed by atoms with E-state index in [9.17, 15) is 14.7 Å². The first-order valence-electron chi connectivity index (χ1n) is 5.04. The molecule has 0 amide bonds. The van der Waals surface area contributed by atoms with Gasteiger partial charge in [-0.2, -0.15) is 0 Å². The summed E-state index contributed by atoms with van der Waals surface area (Å²) in [5.41, 5.74) is 0. The zero-order valence-electron chi connectivity index (χ0n) is 8.33. The first-order valence-corrected chi connectivity index (χ1v) is 5.04. The van der Waals surface area contributed by atoms with E-state index in [0.717, 1.165) is 32.1 Å². The second kappa shape index (κ2) is 8.53. The van der Waals surface area contributed by atoms with Gasteiger partial charge >= 0.3 is 5.97 Å². The van der Waals surface area contributed by atoms with Gasteiger partial charge in [0.25, 0.3) is 0 Å². The van der Waals surface area contributed by atoms with Gasteiger partial charge in [-0.1, -0.05) is 25.7 Å². The average Bonchev–Trinajstić information content (AvgIpc) is 2.08. The van der Waals surface area contributed by atoms with Crippen molar-refractivity contribution in [1.82, 2.24) is 0 Å². The molecule has 0 aliphatic carbocycles. The smallest absolute Gasteiger partial charge is 0.303 e. The van der Waals surface area contributed by atoms with Crippen LogP contribution in [-0.4, -0.2) is 17.0 Å². The fraction of sp³-hybridized carbons (Fsp3) is 0.800. The zero-order valence-corrected chi connectivity index (χ0v) is 8.33. The highest BCUT2D eigenvalue weighted by Gasteiger charge is 1.96. The molecule has 0 aliphatic heterocycles. The van der Waals surface area contributed by atoms with Gasteiger partial charge in [0.1, 0.15) is 0 Å². The third-order valence-corrected chi connectivity index (χ3v) is 2.02. The number of carbonyl (C=O) groups is 2. The lowest BCUT2D eigenvalue weighted by molar-refractivity contribution is -0.305. The molecule has 0 bridgehead atoms. The Bertz CT molecular complexity index is 157. The molecule has 0 atom stereocenters. The summed E-state index contributed by atoms with van der Waals surface area (Å²) in [5, 5.41) is 18.4. The maximum Gasteiger partial charge on any atom is 0.303 e. The Kier molecular flexibility index (Phi) is 7.89. The lowest BCUT2D eigenvalue weighted by atomic mass is 10.1. The molecule has 0 unspecified atom stereocenters. The second-order valence-electron chi connectivity index (χ2n) is 3.39. The highest BCUT2D eigenvalue weighted by molar-refractivity contribution is 5.66. The van der Waals surface area contributed by atoms with Crippen LogP contribution in [0.15, 0.2) is 0 Å². The number of carboxylic acids is 2. The molecule has 0 heterocycles. The van der Waals surface area contributed by atoms with Crippen molar-refractivity contribution in [3.8, 4) is 0 Å². The molecule has 0 radical (unpaired) electrons. The van der Waals surface area contributed by atoms with Gasteiger partial charge in [0.15, 0.2) is 0 Å². The summed E-state index contributed by atoms with van der Waals surface area (Å²) in [6.07, 6.45) is 5.52. The van der Waals surface area contributed by atoms with Crippen LogP contribution in [0.2, 0.25) is 0 Å². The molecular weight excluding hydrogens is 184 g/mol. The average molecular weight is 201 g/mol. The van der Waals surface area contributed by atoms with Crippen LogP contribution in [0.1, 0.15) is 51.4 Å². The molecule has 0 aromatic heterocycles. The molecule has 14 heavy (non-hydrogen) atoms. The van der Waals surface area contributed by atoms with E-state index in [1.54, 1.807) is 0 Å². The number of hydrogen-bond donors (Lipinski definition) is 1. The van der Waals surface area contributed by atoms with Gasteiger partial charge in [-0.05, 0) is 19.3 Å². The van der Waals surface area contributed by atoms with Gasteiger partial charge in [0.05, 0.1) is 0 Å². The molecule has 4 nitrogen and oxygen atoms in total. The third-order valence-electron chi connectivity index (χ3n) is 2.02. The van der Waals surface area contributed by atoms with Crippen LogP contribution in [0.25, 0.3) is 0 Å². The van der Waals surface area contributed by atoms with Crippen molar-refractivity contribution in [3.05, 3.63) is 0 Å². The van der Waals surface area contributed by atoms with Crippen LogP contribution >= 0.6 is 0 Å². The number of rotatable bonds is 9. The molecule has 0 fully saturated rings. The molecule has 0 saturated heterocycles. The summed E-state index contributed by atoms with van der Waals surface area (Å²) in [4.78, 5) is 20.2. The quantitative estimate of drug-likeness (QED) is 0.563. The molecule has 82 valence electrons. The lowest BCUT2D eigenvalue weighted by Crippen LogP contribution is -2.21. The molecule has 0 rings (SSSR count). The van der Waals surface area contributed by atoms with Crippen molar-refractivity contribution in [1.29, 1.82) is 0 Å². The SMILES string of the molecule is O=C([O-])CCCCCCCCC(=O)O. The Hall–Kier alpha value is -1.06. The normalized spacial score (nSPS) is 10.0. The second-order valence-corrected chi connectivity index (χ2v) is 3.39. The van der Waals surface area contributed by atoms with Gasteiger partial charge in [-0.3, -0.25) is 4.79 Å². The van der Waals surface area contributed by atoms with E-state index in [1.807, 2.05) is 0 Å². The summed E-state index contributed by atoms with van der Waals surface area (Å²) in [7, 11) is 0. The summed E-state index contributed by atoms with van der Waals surface area (Å²) in [6, 6.07) is 0. The molecule has 0 spiro atoms. The number of aliphatic carboxylic acids is 2. The predicted octanol–water partition coefficient (Wildman–Crippen LogP) is 0.942. The highest BCUT2D eigenvalue weighted by atomic mass is 16.4. The number of carboxylic acid groups (broad SMARTS) is 2. The van der Waals surface area contributed by atoms with Crippen LogP contribution < -0.4 is 5.11 Å². The third kappa shape index (κ3) is 10.9. The minimum atomic E-state index is -0.990. The van der Waals surface area contributed by atoms with Crippen molar-refractivity contribution in [3.63, 3.8) is 0 Å². The van der Waals surface area contributed by atoms with E-state index >= 15 is 0 Å². The fourth-order valence-electron chi connectivity index (χ4n) is 1.25. The van der Waals surface area contributed by atoms with Crippen molar-refractivity contribution in [2.45, 2.75) is 51.4 Å². The van der Waals surface area contributed by atoms with Crippen molar-refractivity contribution in [2.24, 2.45) is 0 Å². The topological polar surface area (TPSA) is 77.4 Å². The van der Waals surface area contributed by atoms with Crippen LogP contribution in [0.4, 0.5) is 0 Å². The Labute approximate surface area is 83.9 Å². The van der Waals surface area contributed by atoms with Gasteiger partial charge < -0.3 is 15.0 Å². The Morgan fingerprint density at radius 1 is 0.857 bits per heavy atom. The summed E-state index contributed by atoms with van der Waals surface area (Å²) in [6.45, 7) is 0. The lowest BCUT2D eigenvalue weighted by Gasteiger charge is -2.01. The van der Waals surface area contributed by atoms with E-state index < -0.39 is 11.9 Å². The molecule has 0 aliphatic rings. The zero-order chi connectivity index (χ0) is 10.8. The number of hydrogen-bond acceptors (Lipinski definition) is 3. The minimum absolute atomic E-state index is 0.134. The van der Waals surface area contributed by atoms with Gasteiger partial charge in [0, 0.05) is 12.4 Å².